The maximum atomic E-state index is 12.6. The number of rotatable bonds is 5. The molecule has 1 saturated carbocycles. The summed E-state index contributed by atoms with van der Waals surface area (Å²) in [5, 5.41) is 3.26. The van der Waals surface area contributed by atoms with Crippen LogP contribution < -0.4 is 5.32 Å². The minimum Gasteiger partial charge on any atom is -0.462 e. The van der Waals surface area contributed by atoms with Crippen molar-refractivity contribution in [1.82, 2.24) is 5.32 Å². The Bertz CT molecular complexity index is 554. The predicted octanol–water partition coefficient (Wildman–Crippen LogP) is 5.01. The van der Waals surface area contributed by atoms with Gasteiger partial charge < -0.3 is 14.8 Å². The monoisotopic (exact) mass is 409 g/mol. The number of hydrogen-bond acceptors (Lipinski definition) is 4. The van der Waals surface area contributed by atoms with Gasteiger partial charge in [0.2, 0.25) is 5.91 Å². The number of nitrogens with one attached hydrogen (secondary N) is 1. The van der Waals surface area contributed by atoms with Crippen LogP contribution in [0, 0.1) is 16.7 Å². The topological polar surface area (TPSA) is 64.6 Å². The highest BCUT2D eigenvalue weighted by Gasteiger charge is 2.40. The van der Waals surface area contributed by atoms with Crippen LogP contribution >= 0.6 is 0 Å². The van der Waals surface area contributed by atoms with E-state index in [1.165, 1.54) is 26.2 Å². The third-order valence-electron chi connectivity index (χ3n) is 6.37. The predicted molar refractivity (Wildman–Crippen MR) is 115 cm³/mol. The average molecular weight is 410 g/mol. The molecule has 29 heavy (non-hydrogen) atoms. The summed E-state index contributed by atoms with van der Waals surface area (Å²) in [6.07, 6.45) is 8.23. The summed E-state index contributed by atoms with van der Waals surface area (Å²) in [6.45, 7) is 13.9. The van der Waals surface area contributed by atoms with Crippen molar-refractivity contribution >= 4 is 11.9 Å². The van der Waals surface area contributed by atoms with E-state index in [9.17, 15) is 9.59 Å². The molecule has 0 bridgehead atoms. The van der Waals surface area contributed by atoms with E-state index >= 15 is 0 Å². The van der Waals surface area contributed by atoms with Crippen LogP contribution in [0.1, 0.15) is 99.8 Å². The molecule has 0 aromatic carbocycles. The molecule has 0 spiro atoms. The third-order valence-corrected chi connectivity index (χ3v) is 6.37. The van der Waals surface area contributed by atoms with Crippen LogP contribution in [0.25, 0.3) is 0 Å². The summed E-state index contributed by atoms with van der Waals surface area (Å²) >= 11 is 0. The summed E-state index contributed by atoms with van der Waals surface area (Å²) in [5.74, 6) is 0.301. The second-order valence-corrected chi connectivity index (χ2v) is 11.3. The zero-order valence-corrected chi connectivity index (χ0v) is 19.7. The molecule has 2 aliphatic rings. The van der Waals surface area contributed by atoms with Crippen LogP contribution in [0.2, 0.25) is 0 Å². The van der Waals surface area contributed by atoms with E-state index in [1.807, 2.05) is 20.8 Å². The highest BCUT2D eigenvalue weighted by atomic mass is 16.5. The molecule has 0 aromatic rings. The lowest BCUT2D eigenvalue weighted by Gasteiger charge is -2.43. The first-order valence-electron chi connectivity index (χ1n) is 11.5. The van der Waals surface area contributed by atoms with Crippen molar-refractivity contribution in [3.8, 4) is 0 Å². The van der Waals surface area contributed by atoms with Gasteiger partial charge in [-0.05, 0) is 37.0 Å². The lowest BCUT2D eigenvalue weighted by atomic mass is 9.79. The Labute approximate surface area is 177 Å². The molecule has 1 amide bonds. The fourth-order valence-electron chi connectivity index (χ4n) is 4.56. The number of esters is 1. The molecule has 1 heterocycles. The van der Waals surface area contributed by atoms with Gasteiger partial charge in [-0.25, -0.2) is 0 Å². The van der Waals surface area contributed by atoms with Crippen molar-refractivity contribution in [3.05, 3.63) is 0 Å². The van der Waals surface area contributed by atoms with E-state index < -0.39 is 5.41 Å². The van der Waals surface area contributed by atoms with Gasteiger partial charge in [-0.15, -0.1) is 0 Å². The number of ether oxygens (including phenoxy) is 2. The number of carbonyl (C=O) groups excluding carboxylic acids is 2. The Hall–Kier alpha value is -1.10. The normalized spacial score (nSPS) is 27.9. The zero-order chi connectivity index (χ0) is 21.8. The first kappa shape index (κ1) is 24.2. The van der Waals surface area contributed by atoms with Gasteiger partial charge >= 0.3 is 5.97 Å². The van der Waals surface area contributed by atoms with Crippen molar-refractivity contribution in [2.75, 3.05) is 0 Å². The molecule has 1 aliphatic carbocycles. The smallest absolute Gasteiger partial charge is 0.302 e. The Kier molecular flexibility index (Phi) is 8.17. The van der Waals surface area contributed by atoms with Crippen LogP contribution in [-0.2, 0) is 19.1 Å². The Morgan fingerprint density at radius 2 is 1.66 bits per heavy atom. The van der Waals surface area contributed by atoms with Crippen LogP contribution in [0.3, 0.4) is 0 Å². The fraction of sp³-hybridized carbons (Fsp3) is 0.917. The van der Waals surface area contributed by atoms with Crippen molar-refractivity contribution in [2.24, 2.45) is 16.7 Å². The Morgan fingerprint density at radius 3 is 2.17 bits per heavy atom. The van der Waals surface area contributed by atoms with Crippen molar-refractivity contribution in [3.63, 3.8) is 0 Å². The largest absolute Gasteiger partial charge is 0.462 e. The molecule has 1 aliphatic heterocycles. The van der Waals surface area contributed by atoms with Crippen molar-refractivity contribution in [2.45, 2.75) is 124 Å². The third kappa shape index (κ3) is 7.58. The van der Waals surface area contributed by atoms with Gasteiger partial charge in [0.25, 0.3) is 0 Å². The van der Waals surface area contributed by atoms with Gasteiger partial charge in [-0.1, -0.05) is 60.8 Å². The second kappa shape index (κ2) is 9.80. The molecule has 0 radical (unpaired) electrons. The van der Waals surface area contributed by atoms with E-state index in [2.05, 4.69) is 26.1 Å². The zero-order valence-electron chi connectivity index (χ0n) is 19.7. The Balaban J connectivity index is 2.12. The van der Waals surface area contributed by atoms with E-state index in [-0.39, 0.29) is 41.6 Å². The van der Waals surface area contributed by atoms with Gasteiger partial charge in [-0.3, -0.25) is 9.59 Å². The molecule has 2 fully saturated rings. The average Bonchev–Trinajstić information content (AvgIpc) is 2.60. The van der Waals surface area contributed by atoms with E-state index in [1.54, 1.807) is 0 Å². The summed E-state index contributed by atoms with van der Waals surface area (Å²) in [4.78, 5) is 24.4. The van der Waals surface area contributed by atoms with Gasteiger partial charge in [-0.2, -0.15) is 0 Å². The molecule has 4 atom stereocenters. The second-order valence-electron chi connectivity index (χ2n) is 11.3. The maximum Gasteiger partial charge on any atom is 0.302 e. The highest BCUT2D eigenvalue weighted by Crippen LogP contribution is 2.37. The number of carbonyl (C=O) groups is 2. The van der Waals surface area contributed by atoms with Gasteiger partial charge in [0.05, 0.1) is 12.2 Å². The number of amides is 1. The molecule has 0 unspecified atom stereocenters. The summed E-state index contributed by atoms with van der Waals surface area (Å²) < 4.78 is 12.3. The molecule has 1 N–H and O–H groups in total. The van der Waals surface area contributed by atoms with Crippen LogP contribution in [0.5, 0.6) is 0 Å². The standard InChI is InChI=1S/C24H43NO4/c1-16(26)28-20(17-11-9-8-10-12-17)15-19-13-18(25-22(27)24(5,6)7)14-21(29-19)23(2,3)4/h17-21H,8-15H2,1-7H3,(H,25,27)/t18-,19-,20+,21+/m0/s1. The molecule has 5 heteroatoms. The summed E-state index contributed by atoms with van der Waals surface area (Å²) in [5.41, 5.74) is -0.418. The lowest BCUT2D eigenvalue weighted by Crippen LogP contribution is -2.51. The molecule has 1 saturated heterocycles. The van der Waals surface area contributed by atoms with Crippen molar-refractivity contribution < 1.29 is 19.1 Å². The van der Waals surface area contributed by atoms with Gasteiger partial charge in [0.15, 0.2) is 0 Å². The minimum absolute atomic E-state index is 0.00878. The molecular weight excluding hydrogens is 366 g/mol. The van der Waals surface area contributed by atoms with Crippen LogP contribution in [-0.4, -0.2) is 36.2 Å². The first-order chi connectivity index (χ1) is 13.4. The van der Waals surface area contributed by atoms with Crippen LogP contribution in [0.15, 0.2) is 0 Å². The Morgan fingerprint density at radius 1 is 1.03 bits per heavy atom. The molecule has 2 rings (SSSR count). The minimum atomic E-state index is -0.409. The molecule has 168 valence electrons. The van der Waals surface area contributed by atoms with E-state index in [0.717, 1.165) is 32.1 Å². The van der Waals surface area contributed by atoms with Gasteiger partial charge in [0, 0.05) is 24.8 Å². The highest BCUT2D eigenvalue weighted by molar-refractivity contribution is 5.81. The molecule has 5 nitrogen and oxygen atoms in total. The summed E-state index contributed by atoms with van der Waals surface area (Å²) in [6, 6.07) is 0.0917. The molecule has 0 aromatic heterocycles. The SMILES string of the molecule is CC(=O)O[C@H](C[C@@H]1C[C@H](NC(=O)C(C)(C)C)C[C@H](C(C)(C)C)O1)C1CCCCC1. The van der Waals surface area contributed by atoms with E-state index in [0.29, 0.717) is 5.92 Å². The fourth-order valence-corrected chi connectivity index (χ4v) is 4.56. The van der Waals surface area contributed by atoms with Crippen molar-refractivity contribution in [1.29, 1.82) is 0 Å². The lowest BCUT2D eigenvalue weighted by molar-refractivity contribution is -0.159. The molecular formula is C24H43NO4. The maximum absolute atomic E-state index is 12.6. The van der Waals surface area contributed by atoms with Crippen LogP contribution in [0.4, 0.5) is 0 Å². The number of hydrogen-bond donors (Lipinski definition) is 1. The van der Waals surface area contributed by atoms with Gasteiger partial charge in [0.1, 0.15) is 6.10 Å². The first-order valence-corrected chi connectivity index (χ1v) is 11.5. The quantitative estimate of drug-likeness (QED) is 0.648. The van der Waals surface area contributed by atoms with E-state index in [4.69, 9.17) is 9.47 Å². The summed E-state index contributed by atoms with van der Waals surface area (Å²) in [7, 11) is 0.